The SMILES string of the molecule is COc1ccc(OC(=O)CC2CCC3=C(CCc4ccc(Br)cc43)C2c2ccc(Cl)cc2)cc1. The molecular weight excluding hydrogens is 512 g/mol. The van der Waals surface area contributed by atoms with Crippen molar-refractivity contribution >= 4 is 39.1 Å². The fourth-order valence-corrected chi connectivity index (χ4v) is 5.94. The molecule has 5 rings (SSSR count). The predicted octanol–water partition coefficient (Wildman–Crippen LogP) is 8.00. The van der Waals surface area contributed by atoms with Gasteiger partial charge in [0.05, 0.1) is 7.11 Å². The van der Waals surface area contributed by atoms with E-state index in [1.165, 1.54) is 27.8 Å². The first-order chi connectivity index (χ1) is 16.5. The lowest BCUT2D eigenvalue weighted by molar-refractivity contribution is -0.135. The summed E-state index contributed by atoms with van der Waals surface area (Å²) in [6.07, 6.45) is 4.33. The molecule has 0 saturated carbocycles. The number of carbonyl (C=O) groups excluding carboxylic acids is 1. The van der Waals surface area contributed by atoms with Gasteiger partial charge in [0.1, 0.15) is 11.5 Å². The fraction of sp³-hybridized carbons (Fsp3) is 0.276. The van der Waals surface area contributed by atoms with Crippen molar-refractivity contribution in [2.75, 3.05) is 7.11 Å². The molecule has 0 aromatic heterocycles. The summed E-state index contributed by atoms with van der Waals surface area (Å²) in [5.41, 5.74) is 6.89. The van der Waals surface area contributed by atoms with Crippen LogP contribution in [0.15, 0.2) is 76.8 Å². The maximum Gasteiger partial charge on any atom is 0.311 e. The summed E-state index contributed by atoms with van der Waals surface area (Å²) in [5, 5.41) is 0.724. The van der Waals surface area contributed by atoms with Crippen molar-refractivity contribution in [2.24, 2.45) is 5.92 Å². The van der Waals surface area contributed by atoms with Crippen molar-refractivity contribution in [3.63, 3.8) is 0 Å². The van der Waals surface area contributed by atoms with Gasteiger partial charge in [-0.25, -0.2) is 0 Å². The number of ether oxygens (including phenoxy) is 2. The summed E-state index contributed by atoms with van der Waals surface area (Å²) < 4.78 is 12.0. The van der Waals surface area contributed by atoms with E-state index in [0.717, 1.165) is 40.9 Å². The Balaban J connectivity index is 1.45. The third kappa shape index (κ3) is 4.80. The molecule has 2 aliphatic rings. The Morgan fingerprint density at radius 1 is 0.971 bits per heavy atom. The largest absolute Gasteiger partial charge is 0.497 e. The van der Waals surface area contributed by atoms with Crippen LogP contribution in [0, 0.1) is 5.92 Å². The number of hydrogen-bond donors (Lipinski definition) is 0. The average Bonchev–Trinajstić information content (AvgIpc) is 2.85. The molecule has 0 saturated heterocycles. The lowest BCUT2D eigenvalue weighted by atomic mass is 9.66. The van der Waals surface area contributed by atoms with Gasteiger partial charge in [0.15, 0.2) is 0 Å². The van der Waals surface area contributed by atoms with Crippen LogP contribution < -0.4 is 9.47 Å². The van der Waals surface area contributed by atoms with E-state index in [-0.39, 0.29) is 17.8 Å². The number of benzene rings is 3. The Morgan fingerprint density at radius 3 is 2.44 bits per heavy atom. The Morgan fingerprint density at radius 2 is 1.71 bits per heavy atom. The molecule has 0 spiro atoms. The molecule has 5 heteroatoms. The van der Waals surface area contributed by atoms with E-state index in [1.807, 2.05) is 12.1 Å². The zero-order chi connectivity index (χ0) is 23.7. The zero-order valence-corrected chi connectivity index (χ0v) is 21.4. The molecule has 0 N–H and O–H groups in total. The van der Waals surface area contributed by atoms with Crippen LogP contribution in [0.3, 0.4) is 0 Å². The van der Waals surface area contributed by atoms with Crippen molar-refractivity contribution in [2.45, 2.75) is 38.0 Å². The third-order valence-corrected chi connectivity index (χ3v) is 7.75. The van der Waals surface area contributed by atoms with E-state index in [9.17, 15) is 4.79 Å². The second-order valence-electron chi connectivity index (χ2n) is 8.99. The zero-order valence-electron chi connectivity index (χ0n) is 19.0. The second kappa shape index (κ2) is 9.97. The normalized spacial score (nSPS) is 19.3. The van der Waals surface area contributed by atoms with Crippen LogP contribution in [0.1, 0.15) is 48.3 Å². The number of allylic oxidation sites excluding steroid dienone is 2. The van der Waals surface area contributed by atoms with Gasteiger partial charge < -0.3 is 9.47 Å². The van der Waals surface area contributed by atoms with Gasteiger partial charge >= 0.3 is 5.97 Å². The van der Waals surface area contributed by atoms with Crippen LogP contribution in [0.25, 0.3) is 5.57 Å². The number of fused-ring (bicyclic) bond motifs is 2. The number of halogens is 2. The van der Waals surface area contributed by atoms with Crippen molar-refractivity contribution in [3.05, 3.63) is 98.5 Å². The van der Waals surface area contributed by atoms with Gasteiger partial charge in [0, 0.05) is 21.8 Å². The van der Waals surface area contributed by atoms with Gasteiger partial charge in [-0.3, -0.25) is 4.79 Å². The van der Waals surface area contributed by atoms with Crippen molar-refractivity contribution < 1.29 is 14.3 Å². The molecule has 2 unspecified atom stereocenters. The smallest absolute Gasteiger partial charge is 0.311 e. The monoisotopic (exact) mass is 536 g/mol. The molecule has 0 aliphatic heterocycles. The van der Waals surface area contributed by atoms with E-state index in [2.05, 4.69) is 46.3 Å². The molecular formula is C29H26BrClO3. The number of methoxy groups -OCH3 is 1. The summed E-state index contributed by atoms with van der Waals surface area (Å²) >= 11 is 9.86. The average molecular weight is 538 g/mol. The molecule has 174 valence electrons. The molecule has 0 heterocycles. The highest BCUT2D eigenvalue weighted by molar-refractivity contribution is 9.10. The van der Waals surface area contributed by atoms with Crippen LogP contribution in [-0.4, -0.2) is 13.1 Å². The van der Waals surface area contributed by atoms with Crippen LogP contribution >= 0.6 is 27.5 Å². The maximum atomic E-state index is 13.0. The Bertz CT molecular complexity index is 1230. The van der Waals surface area contributed by atoms with Gasteiger partial charge in [0.25, 0.3) is 0 Å². The fourth-order valence-electron chi connectivity index (χ4n) is 5.45. The van der Waals surface area contributed by atoms with Gasteiger partial charge in [0.2, 0.25) is 0 Å². The first-order valence-corrected chi connectivity index (χ1v) is 12.8. The quantitative estimate of drug-likeness (QED) is 0.244. The van der Waals surface area contributed by atoms with Gasteiger partial charge in [-0.2, -0.15) is 0 Å². The van der Waals surface area contributed by atoms with E-state index >= 15 is 0 Å². The topological polar surface area (TPSA) is 35.5 Å². The summed E-state index contributed by atoms with van der Waals surface area (Å²) in [7, 11) is 1.62. The van der Waals surface area contributed by atoms with Crippen LogP contribution in [-0.2, 0) is 11.2 Å². The summed E-state index contributed by atoms with van der Waals surface area (Å²) in [6, 6.07) is 21.9. The molecule has 3 nitrogen and oxygen atoms in total. The first kappa shape index (κ1) is 23.2. The molecule has 0 bridgehead atoms. The van der Waals surface area contributed by atoms with Crippen LogP contribution in [0.4, 0.5) is 0 Å². The number of esters is 1. The lowest BCUT2D eigenvalue weighted by Gasteiger charge is -2.39. The number of hydrogen-bond acceptors (Lipinski definition) is 3. The standard InChI is InChI=1S/C29H26BrClO3/c1-33-23-10-12-24(13-11-23)34-28(32)16-20-6-14-25-26(29(20)19-3-8-22(31)9-4-19)15-5-18-2-7-21(30)17-27(18)25/h2-4,7-13,17,20,29H,5-6,14-16H2,1H3. The van der Waals surface area contributed by atoms with Gasteiger partial charge in [-0.1, -0.05) is 51.3 Å². The summed E-state index contributed by atoms with van der Waals surface area (Å²) in [5.74, 6) is 1.44. The van der Waals surface area contributed by atoms with Crippen molar-refractivity contribution in [1.82, 2.24) is 0 Å². The molecule has 0 radical (unpaired) electrons. The van der Waals surface area contributed by atoms with E-state index in [4.69, 9.17) is 21.1 Å². The Kier molecular flexibility index (Phi) is 6.80. The van der Waals surface area contributed by atoms with Gasteiger partial charge in [-0.05, 0) is 102 Å². The Labute approximate surface area is 213 Å². The highest BCUT2D eigenvalue weighted by Crippen LogP contribution is 2.51. The minimum absolute atomic E-state index is 0.177. The lowest BCUT2D eigenvalue weighted by Crippen LogP contribution is -2.27. The molecule has 34 heavy (non-hydrogen) atoms. The Hall–Kier alpha value is -2.56. The third-order valence-electron chi connectivity index (χ3n) is 7.01. The maximum absolute atomic E-state index is 13.0. The predicted molar refractivity (Wildman–Crippen MR) is 140 cm³/mol. The highest BCUT2D eigenvalue weighted by Gasteiger charge is 2.36. The summed E-state index contributed by atoms with van der Waals surface area (Å²) in [4.78, 5) is 13.0. The molecule has 2 aliphatic carbocycles. The first-order valence-electron chi connectivity index (χ1n) is 11.6. The molecule has 0 amide bonds. The molecule has 3 aromatic carbocycles. The minimum Gasteiger partial charge on any atom is -0.497 e. The minimum atomic E-state index is -0.197. The number of rotatable bonds is 5. The van der Waals surface area contributed by atoms with Crippen molar-refractivity contribution in [1.29, 1.82) is 0 Å². The molecule has 2 atom stereocenters. The second-order valence-corrected chi connectivity index (χ2v) is 10.3. The van der Waals surface area contributed by atoms with Crippen LogP contribution in [0.2, 0.25) is 5.02 Å². The number of aryl methyl sites for hydroxylation is 1. The highest BCUT2D eigenvalue weighted by atomic mass is 79.9. The van der Waals surface area contributed by atoms with E-state index < -0.39 is 0 Å². The summed E-state index contributed by atoms with van der Waals surface area (Å²) in [6.45, 7) is 0. The van der Waals surface area contributed by atoms with Crippen molar-refractivity contribution in [3.8, 4) is 11.5 Å². The number of carbonyl (C=O) groups is 1. The molecule has 0 fully saturated rings. The molecule has 3 aromatic rings. The van der Waals surface area contributed by atoms with Crippen LogP contribution in [0.5, 0.6) is 11.5 Å². The van der Waals surface area contributed by atoms with Gasteiger partial charge in [-0.15, -0.1) is 0 Å². The van der Waals surface area contributed by atoms with E-state index in [0.29, 0.717) is 12.2 Å². The van der Waals surface area contributed by atoms with E-state index in [1.54, 1.807) is 31.4 Å².